The molecule has 1 aliphatic carbocycles. The lowest BCUT2D eigenvalue weighted by Gasteiger charge is -2.19. The number of carboxylic acid groups (broad SMARTS) is 2. The molecule has 2 N–H and O–H groups in total. The third kappa shape index (κ3) is 5.73. The predicted molar refractivity (Wildman–Crippen MR) is 89.7 cm³/mol. The number of aliphatic carboxylic acids is 2. The third-order valence-electron chi connectivity index (χ3n) is 3.73. The second kappa shape index (κ2) is 9.97. The van der Waals surface area contributed by atoms with Gasteiger partial charge in [0.1, 0.15) is 0 Å². The molecule has 2 atom stereocenters. The number of hydrogen-bond donors (Lipinski definition) is 2. The highest BCUT2D eigenvalue weighted by Crippen LogP contribution is 2.24. The first-order valence-corrected chi connectivity index (χ1v) is 7.70. The van der Waals surface area contributed by atoms with Crippen LogP contribution in [0.4, 0.5) is 0 Å². The Morgan fingerprint density at radius 1 is 0.962 bits per heavy atom. The van der Waals surface area contributed by atoms with E-state index in [1.807, 2.05) is 0 Å². The number of esters is 2. The molecule has 0 heterocycles. The van der Waals surface area contributed by atoms with Crippen LogP contribution in [-0.4, -0.2) is 48.3 Å². The van der Waals surface area contributed by atoms with Crippen LogP contribution < -0.4 is 0 Å². The molecule has 0 spiro atoms. The number of carbonyl (C=O) groups excluding carboxylic acids is 2. The third-order valence-corrected chi connectivity index (χ3v) is 3.73. The highest BCUT2D eigenvalue weighted by Gasteiger charge is 2.32. The van der Waals surface area contributed by atoms with Crippen LogP contribution in [-0.2, 0) is 19.1 Å². The summed E-state index contributed by atoms with van der Waals surface area (Å²) in [6, 6.07) is 6.16. The van der Waals surface area contributed by atoms with E-state index in [2.05, 4.69) is 9.47 Å². The number of benzene rings is 1. The predicted octanol–water partition coefficient (Wildman–Crippen LogP) is 2.00. The molecule has 0 aromatic heterocycles. The van der Waals surface area contributed by atoms with Gasteiger partial charge in [-0.05, 0) is 31.0 Å². The topological polar surface area (TPSA) is 127 Å². The van der Waals surface area contributed by atoms with E-state index in [0.717, 1.165) is 0 Å². The lowest BCUT2D eigenvalue weighted by molar-refractivity contribution is -0.152. The van der Waals surface area contributed by atoms with Gasteiger partial charge in [0.15, 0.2) is 0 Å². The van der Waals surface area contributed by atoms with Crippen LogP contribution in [0.5, 0.6) is 0 Å². The molecule has 1 aliphatic rings. The summed E-state index contributed by atoms with van der Waals surface area (Å²) in [4.78, 5) is 43.3. The Morgan fingerprint density at radius 3 is 1.88 bits per heavy atom. The number of hydrogen-bond acceptors (Lipinski definition) is 6. The maximum absolute atomic E-state index is 11.1. The molecule has 0 fully saturated rings. The summed E-state index contributed by atoms with van der Waals surface area (Å²) in [7, 11) is 2.57. The lowest BCUT2D eigenvalue weighted by Crippen LogP contribution is -2.30. The van der Waals surface area contributed by atoms with Crippen LogP contribution in [0.15, 0.2) is 36.4 Å². The minimum atomic E-state index is -1.06. The Bertz CT molecular complexity index is 676. The van der Waals surface area contributed by atoms with Crippen LogP contribution in [0.2, 0.25) is 0 Å². The zero-order valence-electron chi connectivity index (χ0n) is 14.4. The van der Waals surface area contributed by atoms with Crippen LogP contribution in [0.1, 0.15) is 33.6 Å². The summed E-state index contributed by atoms with van der Waals surface area (Å²) >= 11 is 0. The summed E-state index contributed by atoms with van der Waals surface area (Å²) in [6.45, 7) is 0. The molecule has 1 aromatic rings. The highest BCUT2D eigenvalue weighted by atomic mass is 16.5. The Balaban J connectivity index is 0.000000263. The molecule has 0 bridgehead atoms. The Labute approximate surface area is 150 Å². The molecule has 26 heavy (non-hydrogen) atoms. The Morgan fingerprint density at radius 2 is 1.50 bits per heavy atom. The van der Waals surface area contributed by atoms with Gasteiger partial charge in [-0.15, -0.1) is 0 Å². The van der Waals surface area contributed by atoms with Crippen molar-refractivity contribution in [3.8, 4) is 0 Å². The van der Waals surface area contributed by atoms with E-state index >= 15 is 0 Å². The first-order valence-electron chi connectivity index (χ1n) is 7.70. The second-order valence-electron chi connectivity index (χ2n) is 5.38. The standard InChI is InChI=1S/C10H10O4.C8H10O4/c1-13-9(11)7-4-3-5-8(6-7)10(12)14-2;9-7(10)5-3-1-2-4-6(5)8(11)12/h3-6H,1-2H3;1,3,5-6H,2,4H2,(H,9,10)(H,11,12). The average Bonchev–Trinajstić information content (AvgIpc) is 2.67. The number of carbonyl (C=O) groups is 4. The van der Waals surface area contributed by atoms with Gasteiger partial charge in [-0.2, -0.15) is 0 Å². The van der Waals surface area contributed by atoms with E-state index < -0.39 is 35.7 Å². The molecular formula is C18H20O8. The van der Waals surface area contributed by atoms with Crippen molar-refractivity contribution in [1.29, 1.82) is 0 Å². The van der Waals surface area contributed by atoms with Crippen molar-refractivity contribution in [2.75, 3.05) is 14.2 Å². The smallest absolute Gasteiger partial charge is 0.337 e. The largest absolute Gasteiger partial charge is 0.481 e. The molecule has 0 saturated heterocycles. The second-order valence-corrected chi connectivity index (χ2v) is 5.38. The van der Waals surface area contributed by atoms with Gasteiger partial charge in [0.2, 0.25) is 0 Å². The van der Waals surface area contributed by atoms with Crippen molar-refractivity contribution in [3.05, 3.63) is 47.5 Å². The summed E-state index contributed by atoms with van der Waals surface area (Å²) in [5.74, 6) is -4.64. The van der Waals surface area contributed by atoms with Gasteiger partial charge in [0.25, 0.3) is 0 Å². The maximum atomic E-state index is 11.1. The van der Waals surface area contributed by atoms with Gasteiger partial charge in [-0.3, -0.25) is 9.59 Å². The molecule has 0 amide bonds. The van der Waals surface area contributed by atoms with Crippen molar-refractivity contribution in [1.82, 2.24) is 0 Å². The first kappa shape index (κ1) is 20.9. The van der Waals surface area contributed by atoms with E-state index in [1.54, 1.807) is 24.3 Å². The lowest BCUT2D eigenvalue weighted by atomic mass is 9.84. The monoisotopic (exact) mass is 364 g/mol. The number of rotatable bonds is 4. The summed E-state index contributed by atoms with van der Waals surface area (Å²) < 4.78 is 9.03. The fourth-order valence-corrected chi connectivity index (χ4v) is 2.37. The van der Waals surface area contributed by atoms with Gasteiger partial charge in [-0.1, -0.05) is 18.2 Å². The molecular weight excluding hydrogens is 344 g/mol. The fraction of sp³-hybridized carbons (Fsp3) is 0.333. The van der Waals surface area contributed by atoms with Crippen LogP contribution in [0.3, 0.4) is 0 Å². The van der Waals surface area contributed by atoms with Crippen molar-refractivity contribution in [2.45, 2.75) is 12.8 Å². The molecule has 140 valence electrons. The van der Waals surface area contributed by atoms with E-state index in [4.69, 9.17) is 10.2 Å². The number of methoxy groups -OCH3 is 2. The Kier molecular flexibility index (Phi) is 8.01. The van der Waals surface area contributed by atoms with E-state index in [9.17, 15) is 19.2 Å². The van der Waals surface area contributed by atoms with Gasteiger partial charge < -0.3 is 19.7 Å². The minimum absolute atomic E-state index is 0.329. The first-order chi connectivity index (χ1) is 12.3. The summed E-state index contributed by atoms with van der Waals surface area (Å²) in [6.07, 6.45) is 4.26. The minimum Gasteiger partial charge on any atom is -0.481 e. The Hall–Kier alpha value is -3.16. The maximum Gasteiger partial charge on any atom is 0.337 e. The molecule has 2 rings (SSSR count). The molecule has 0 radical (unpaired) electrons. The average molecular weight is 364 g/mol. The number of carboxylic acids is 2. The van der Waals surface area contributed by atoms with Gasteiger partial charge in [0, 0.05) is 0 Å². The molecule has 2 unspecified atom stereocenters. The zero-order valence-corrected chi connectivity index (χ0v) is 14.4. The van der Waals surface area contributed by atoms with Crippen LogP contribution in [0.25, 0.3) is 0 Å². The van der Waals surface area contributed by atoms with Crippen molar-refractivity contribution >= 4 is 23.9 Å². The van der Waals surface area contributed by atoms with E-state index in [0.29, 0.717) is 24.0 Å². The summed E-state index contributed by atoms with van der Waals surface area (Å²) in [5, 5.41) is 17.3. The van der Waals surface area contributed by atoms with E-state index in [-0.39, 0.29) is 0 Å². The highest BCUT2D eigenvalue weighted by molar-refractivity contribution is 5.95. The van der Waals surface area contributed by atoms with E-state index in [1.165, 1.54) is 26.4 Å². The van der Waals surface area contributed by atoms with Crippen LogP contribution in [0, 0.1) is 11.8 Å². The normalized spacial score (nSPS) is 18.1. The molecule has 8 heteroatoms. The van der Waals surface area contributed by atoms with Crippen molar-refractivity contribution in [2.24, 2.45) is 11.8 Å². The van der Waals surface area contributed by atoms with Crippen LogP contribution >= 0.6 is 0 Å². The van der Waals surface area contributed by atoms with Crippen molar-refractivity contribution < 1.29 is 38.9 Å². The quantitative estimate of drug-likeness (QED) is 0.613. The molecule has 0 aliphatic heterocycles. The van der Waals surface area contributed by atoms with Crippen molar-refractivity contribution in [3.63, 3.8) is 0 Å². The number of ether oxygens (including phenoxy) is 2. The zero-order chi connectivity index (χ0) is 19.7. The number of allylic oxidation sites excluding steroid dienone is 1. The van der Waals surface area contributed by atoms with Gasteiger partial charge >= 0.3 is 23.9 Å². The fourth-order valence-electron chi connectivity index (χ4n) is 2.37. The molecule has 1 aromatic carbocycles. The van der Waals surface area contributed by atoms with Gasteiger partial charge in [0.05, 0.1) is 37.2 Å². The van der Waals surface area contributed by atoms with Gasteiger partial charge in [-0.25, -0.2) is 9.59 Å². The summed E-state index contributed by atoms with van der Waals surface area (Å²) in [5.41, 5.74) is 0.658. The molecule has 8 nitrogen and oxygen atoms in total. The molecule has 0 saturated carbocycles. The SMILES string of the molecule is COC(=O)c1cccc(C(=O)OC)c1.O=C(O)C1C=CCCC1C(=O)O.